The van der Waals surface area contributed by atoms with E-state index in [0.717, 1.165) is 17.0 Å². The molecule has 0 fully saturated rings. The molecular weight excluding hydrogens is 268 g/mol. The van der Waals surface area contributed by atoms with Crippen LogP contribution in [0.5, 0.6) is 5.75 Å². The minimum atomic E-state index is 0.277. The maximum absolute atomic E-state index is 11.2. The van der Waals surface area contributed by atoms with Gasteiger partial charge >= 0.3 is 0 Å². The number of aldehydes is 1. The zero-order valence-electron chi connectivity index (χ0n) is 11.3. The Kier molecular flexibility index (Phi) is 3.42. The SMILES string of the molecule is COc1ccc(-n2nnc(C=O)c2-c2cccnc2)cc1. The molecule has 21 heavy (non-hydrogen) atoms. The number of rotatable bonds is 4. The van der Waals surface area contributed by atoms with E-state index >= 15 is 0 Å². The first kappa shape index (κ1) is 13.0. The van der Waals surface area contributed by atoms with Crippen molar-refractivity contribution >= 4 is 6.29 Å². The minimum absolute atomic E-state index is 0.277. The number of carbonyl (C=O) groups excluding carboxylic acids is 1. The molecule has 6 nitrogen and oxygen atoms in total. The Labute approximate surface area is 121 Å². The van der Waals surface area contributed by atoms with E-state index in [9.17, 15) is 4.79 Å². The van der Waals surface area contributed by atoms with Crippen LogP contribution in [-0.4, -0.2) is 33.4 Å². The molecule has 0 saturated heterocycles. The van der Waals surface area contributed by atoms with Crippen LogP contribution < -0.4 is 4.74 Å². The summed E-state index contributed by atoms with van der Waals surface area (Å²) in [6.45, 7) is 0. The highest BCUT2D eigenvalue weighted by Gasteiger charge is 2.15. The fraction of sp³-hybridized carbons (Fsp3) is 0.0667. The van der Waals surface area contributed by atoms with Crippen molar-refractivity contribution in [1.82, 2.24) is 20.0 Å². The van der Waals surface area contributed by atoms with Gasteiger partial charge in [0.2, 0.25) is 0 Å². The Bertz CT molecular complexity index is 751. The number of methoxy groups -OCH3 is 1. The van der Waals surface area contributed by atoms with Crippen LogP contribution >= 0.6 is 0 Å². The number of hydrogen-bond acceptors (Lipinski definition) is 5. The van der Waals surface area contributed by atoms with E-state index in [1.807, 2.05) is 30.3 Å². The maximum atomic E-state index is 11.2. The molecule has 0 unspecified atom stereocenters. The third-order valence-electron chi connectivity index (χ3n) is 3.06. The number of nitrogens with zero attached hydrogens (tertiary/aromatic N) is 4. The van der Waals surface area contributed by atoms with Crippen LogP contribution in [0.15, 0.2) is 48.8 Å². The summed E-state index contributed by atoms with van der Waals surface area (Å²) in [5, 5.41) is 7.97. The van der Waals surface area contributed by atoms with Crippen LogP contribution in [0.4, 0.5) is 0 Å². The number of carbonyl (C=O) groups is 1. The van der Waals surface area contributed by atoms with Crippen LogP contribution in [0.25, 0.3) is 16.9 Å². The van der Waals surface area contributed by atoms with E-state index < -0.39 is 0 Å². The quantitative estimate of drug-likeness (QED) is 0.685. The Hall–Kier alpha value is -3.02. The van der Waals surface area contributed by atoms with E-state index in [-0.39, 0.29) is 5.69 Å². The summed E-state index contributed by atoms with van der Waals surface area (Å²) < 4.78 is 6.75. The molecule has 0 aliphatic heterocycles. The molecule has 2 heterocycles. The molecule has 3 rings (SSSR count). The van der Waals surface area contributed by atoms with Crippen LogP contribution in [0.3, 0.4) is 0 Å². The first-order chi connectivity index (χ1) is 10.3. The molecule has 0 atom stereocenters. The molecule has 0 spiro atoms. The van der Waals surface area contributed by atoms with Gasteiger partial charge in [0.05, 0.1) is 12.8 Å². The van der Waals surface area contributed by atoms with Crippen molar-refractivity contribution in [3.05, 3.63) is 54.5 Å². The Balaban J connectivity index is 2.15. The predicted octanol–water partition coefficient (Wildman–Crippen LogP) is 2.15. The predicted molar refractivity (Wildman–Crippen MR) is 76.5 cm³/mol. The van der Waals surface area contributed by atoms with E-state index in [0.29, 0.717) is 12.0 Å². The second-order valence-corrected chi connectivity index (χ2v) is 4.29. The number of aromatic nitrogens is 4. The van der Waals surface area contributed by atoms with Crippen LogP contribution in [0.2, 0.25) is 0 Å². The summed E-state index contributed by atoms with van der Waals surface area (Å²) in [5.74, 6) is 0.748. The van der Waals surface area contributed by atoms with Gasteiger partial charge in [-0.2, -0.15) is 0 Å². The molecule has 3 aromatic rings. The van der Waals surface area contributed by atoms with E-state index in [1.165, 1.54) is 0 Å². The fourth-order valence-corrected chi connectivity index (χ4v) is 2.05. The van der Waals surface area contributed by atoms with Crippen molar-refractivity contribution < 1.29 is 9.53 Å². The second kappa shape index (κ2) is 5.54. The standard InChI is InChI=1S/C15H12N4O2/c1-21-13-6-4-12(5-7-13)19-15(14(10-20)17-18-19)11-3-2-8-16-9-11/h2-10H,1H3. The van der Waals surface area contributed by atoms with Crippen molar-refractivity contribution in [3.8, 4) is 22.7 Å². The van der Waals surface area contributed by atoms with Gasteiger partial charge in [0.1, 0.15) is 11.4 Å². The van der Waals surface area contributed by atoms with E-state index in [1.54, 1.807) is 30.3 Å². The molecule has 0 N–H and O–H groups in total. The first-order valence-electron chi connectivity index (χ1n) is 6.29. The average Bonchev–Trinajstić information content (AvgIpc) is 2.99. The summed E-state index contributed by atoms with van der Waals surface area (Å²) >= 11 is 0. The third kappa shape index (κ3) is 2.38. The Morgan fingerprint density at radius 2 is 2.00 bits per heavy atom. The van der Waals surface area contributed by atoms with Gasteiger partial charge in [-0.05, 0) is 36.4 Å². The summed E-state index contributed by atoms with van der Waals surface area (Å²) in [6.07, 6.45) is 4.03. The smallest absolute Gasteiger partial charge is 0.172 e. The lowest BCUT2D eigenvalue weighted by atomic mass is 10.1. The highest BCUT2D eigenvalue weighted by Crippen LogP contribution is 2.24. The first-order valence-corrected chi connectivity index (χ1v) is 6.29. The van der Waals surface area contributed by atoms with Crippen molar-refractivity contribution in [2.24, 2.45) is 0 Å². The summed E-state index contributed by atoms with van der Waals surface area (Å²) in [6, 6.07) is 11.0. The van der Waals surface area contributed by atoms with Crippen LogP contribution in [-0.2, 0) is 0 Å². The van der Waals surface area contributed by atoms with Crippen molar-refractivity contribution in [2.45, 2.75) is 0 Å². The van der Waals surface area contributed by atoms with Crippen molar-refractivity contribution in [2.75, 3.05) is 7.11 Å². The molecule has 0 amide bonds. The molecular formula is C15H12N4O2. The zero-order chi connectivity index (χ0) is 14.7. The van der Waals surface area contributed by atoms with Gasteiger partial charge < -0.3 is 4.74 Å². The minimum Gasteiger partial charge on any atom is -0.497 e. The Morgan fingerprint density at radius 3 is 2.62 bits per heavy atom. The van der Waals surface area contributed by atoms with E-state index in [4.69, 9.17) is 4.74 Å². The Morgan fingerprint density at radius 1 is 1.19 bits per heavy atom. The lowest BCUT2D eigenvalue weighted by molar-refractivity contribution is 0.111. The number of benzene rings is 1. The lowest BCUT2D eigenvalue weighted by Gasteiger charge is -2.07. The monoisotopic (exact) mass is 280 g/mol. The highest BCUT2D eigenvalue weighted by molar-refractivity contribution is 5.83. The second-order valence-electron chi connectivity index (χ2n) is 4.29. The zero-order valence-corrected chi connectivity index (χ0v) is 11.3. The number of pyridine rings is 1. The van der Waals surface area contributed by atoms with Gasteiger partial charge in [-0.25, -0.2) is 4.68 Å². The summed E-state index contributed by atoms with van der Waals surface area (Å²) in [4.78, 5) is 15.3. The molecule has 0 radical (unpaired) electrons. The molecule has 104 valence electrons. The highest BCUT2D eigenvalue weighted by atomic mass is 16.5. The molecule has 1 aromatic carbocycles. The summed E-state index contributed by atoms with van der Waals surface area (Å²) in [5.41, 5.74) is 2.46. The van der Waals surface area contributed by atoms with Crippen molar-refractivity contribution in [1.29, 1.82) is 0 Å². The number of hydrogen-bond donors (Lipinski definition) is 0. The molecule has 6 heteroatoms. The molecule has 0 saturated carbocycles. The number of ether oxygens (including phenoxy) is 1. The van der Waals surface area contributed by atoms with Gasteiger partial charge in [0.25, 0.3) is 0 Å². The topological polar surface area (TPSA) is 69.9 Å². The molecule has 0 aliphatic carbocycles. The maximum Gasteiger partial charge on any atom is 0.172 e. The largest absolute Gasteiger partial charge is 0.497 e. The summed E-state index contributed by atoms with van der Waals surface area (Å²) in [7, 11) is 1.61. The normalized spacial score (nSPS) is 10.3. The van der Waals surface area contributed by atoms with Gasteiger partial charge in [-0.1, -0.05) is 5.21 Å². The van der Waals surface area contributed by atoms with E-state index in [2.05, 4.69) is 15.3 Å². The van der Waals surface area contributed by atoms with Gasteiger partial charge in [-0.3, -0.25) is 9.78 Å². The van der Waals surface area contributed by atoms with Crippen LogP contribution in [0, 0.1) is 0 Å². The average molecular weight is 280 g/mol. The van der Waals surface area contributed by atoms with Gasteiger partial charge in [0.15, 0.2) is 12.0 Å². The van der Waals surface area contributed by atoms with Gasteiger partial charge in [0, 0.05) is 18.0 Å². The third-order valence-corrected chi connectivity index (χ3v) is 3.06. The molecule has 0 bridgehead atoms. The van der Waals surface area contributed by atoms with Crippen molar-refractivity contribution in [3.63, 3.8) is 0 Å². The molecule has 2 aromatic heterocycles. The van der Waals surface area contributed by atoms with Crippen LogP contribution in [0.1, 0.15) is 10.5 Å². The lowest BCUT2D eigenvalue weighted by Crippen LogP contribution is -2.00. The molecule has 0 aliphatic rings. The fourth-order valence-electron chi connectivity index (χ4n) is 2.05. The van der Waals surface area contributed by atoms with Gasteiger partial charge in [-0.15, -0.1) is 5.10 Å².